The number of urea groups is 1. The topological polar surface area (TPSA) is 76.7 Å². The number of hydrogen-bond acceptors (Lipinski definition) is 3. The molecule has 0 saturated carbocycles. The number of halogens is 2. The summed E-state index contributed by atoms with van der Waals surface area (Å²) in [7, 11) is 0. The molecule has 19 heavy (non-hydrogen) atoms. The van der Waals surface area contributed by atoms with Gasteiger partial charge in [0.15, 0.2) is 11.6 Å². The Morgan fingerprint density at radius 2 is 2.26 bits per heavy atom. The summed E-state index contributed by atoms with van der Waals surface area (Å²) in [5, 5.41) is 3.45. The molecule has 0 aliphatic carbocycles. The van der Waals surface area contributed by atoms with Gasteiger partial charge >= 0.3 is 6.03 Å². The summed E-state index contributed by atoms with van der Waals surface area (Å²) in [6.45, 7) is 2.27. The third kappa shape index (κ3) is 4.90. The second-order valence-corrected chi connectivity index (χ2v) is 3.74. The van der Waals surface area contributed by atoms with Crippen LogP contribution in [0.2, 0.25) is 0 Å². The lowest BCUT2D eigenvalue weighted by Crippen LogP contribution is -2.24. The minimum atomic E-state index is -0.874. The third-order valence-corrected chi connectivity index (χ3v) is 2.16. The van der Waals surface area contributed by atoms with E-state index in [1.807, 2.05) is 12.3 Å². The summed E-state index contributed by atoms with van der Waals surface area (Å²) in [6, 6.07) is 0.901. The average Bonchev–Trinajstić information content (AvgIpc) is 2.32. The van der Waals surface area contributed by atoms with E-state index in [0.717, 1.165) is 31.2 Å². The Balaban J connectivity index is 2.92. The van der Waals surface area contributed by atoms with Crippen LogP contribution in [0.5, 0.6) is 5.75 Å². The van der Waals surface area contributed by atoms with Gasteiger partial charge in [-0.25, -0.2) is 19.0 Å². The van der Waals surface area contributed by atoms with Crippen LogP contribution in [0.4, 0.5) is 13.6 Å². The van der Waals surface area contributed by atoms with Crippen LogP contribution in [0.15, 0.2) is 17.2 Å². The van der Waals surface area contributed by atoms with Crippen molar-refractivity contribution >= 4 is 12.2 Å². The van der Waals surface area contributed by atoms with Crippen molar-refractivity contribution in [2.45, 2.75) is 19.8 Å². The highest BCUT2D eigenvalue weighted by Crippen LogP contribution is 2.23. The fourth-order valence-electron chi connectivity index (χ4n) is 1.31. The smallest absolute Gasteiger partial charge is 0.332 e. The molecule has 3 N–H and O–H groups in total. The molecule has 0 aliphatic rings. The quantitative estimate of drug-likeness (QED) is 0.472. The van der Waals surface area contributed by atoms with Gasteiger partial charge in [0.2, 0.25) is 0 Å². The van der Waals surface area contributed by atoms with Crippen molar-refractivity contribution in [1.82, 2.24) is 5.43 Å². The van der Waals surface area contributed by atoms with Gasteiger partial charge in [-0.3, -0.25) is 0 Å². The zero-order valence-electron chi connectivity index (χ0n) is 10.5. The number of ether oxygens (including phenoxy) is 1. The van der Waals surface area contributed by atoms with Crippen molar-refractivity contribution in [3.63, 3.8) is 0 Å². The molecule has 0 aliphatic heterocycles. The van der Waals surface area contributed by atoms with Gasteiger partial charge in [0.1, 0.15) is 5.82 Å². The predicted octanol–water partition coefficient (Wildman–Crippen LogP) is 2.15. The minimum Gasteiger partial charge on any atom is -0.490 e. The Labute approximate surface area is 109 Å². The third-order valence-electron chi connectivity index (χ3n) is 2.16. The highest BCUT2D eigenvalue weighted by Gasteiger charge is 2.11. The number of nitrogens with zero attached hydrogens (tertiary/aromatic N) is 1. The molecule has 0 saturated heterocycles. The second-order valence-electron chi connectivity index (χ2n) is 3.74. The van der Waals surface area contributed by atoms with Crippen molar-refractivity contribution in [2.24, 2.45) is 10.8 Å². The van der Waals surface area contributed by atoms with Gasteiger partial charge in [-0.1, -0.05) is 13.3 Å². The van der Waals surface area contributed by atoms with Crippen LogP contribution >= 0.6 is 0 Å². The summed E-state index contributed by atoms with van der Waals surface area (Å²) in [4.78, 5) is 10.4. The van der Waals surface area contributed by atoms with Gasteiger partial charge in [0, 0.05) is 11.6 Å². The predicted molar refractivity (Wildman–Crippen MR) is 67.1 cm³/mol. The number of carbonyl (C=O) groups is 1. The summed E-state index contributed by atoms with van der Waals surface area (Å²) >= 11 is 0. The van der Waals surface area contributed by atoms with E-state index in [4.69, 9.17) is 10.5 Å². The fraction of sp³-hybridized carbons (Fsp3) is 0.333. The molecule has 0 fully saturated rings. The van der Waals surface area contributed by atoms with E-state index in [2.05, 4.69) is 5.10 Å². The number of hydrogen-bond donors (Lipinski definition) is 2. The molecule has 7 heteroatoms. The van der Waals surface area contributed by atoms with Gasteiger partial charge in [-0.2, -0.15) is 5.10 Å². The maximum Gasteiger partial charge on any atom is 0.332 e. The van der Waals surface area contributed by atoms with E-state index >= 15 is 0 Å². The summed E-state index contributed by atoms with van der Waals surface area (Å²) in [5.41, 5.74) is 6.83. The van der Waals surface area contributed by atoms with E-state index in [-0.39, 0.29) is 11.3 Å². The van der Waals surface area contributed by atoms with Gasteiger partial charge < -0.3 is 10.5 Å². The van der Waals surface area contributed by atoms with Crippen molar-refractivity contribution in [3.8, 4) is 5.75 Å². The number of rotatable bonds is 6. The number of amides is 2. The van der Waals surface area contributed by atoms with Crippen LogP contribution in [0.1, 0.15) is 25.3 Å². The second kappa shape index (κ2) is 7.30. The lowest BCUT2D eigenvalue weighted by molar-refractivity contribution is 0.249. The first-order valence-corrected chi connectivity index (χ1v) is 5.75. The van der Waals surface area contributed by atoms with E-state index in [1.165, 1.54) is 0 Å². The molecule has 0 atom stereocenters. The molecule has 1 aromatic rings. The van der Waals surface area contributed by atoms with E-state index in [1.54, 1.807) is 0 Å². The van der Waals surface area contributed by atoms with Gasteiger partial charge in [-0.05, 0) is 12.5 Å². The van der Waals surface area contributed by atoms with Crippen molar-refractivity contribution < 1.29 is 18.3 Å². The van der Waals surface area contributed by atoms with Gasteiger partial charge in [-0.15, -0.1) is 0 Å². The molecule has 5 nitrogen and oxygen atoms in total. The standard InChI is InChI=1S/C12H15F2N3O2/c1-2-3-4-19-11-8(7-16-17-12(15)18)5-9(13)6-10(11)14/h5-7H,2-4H2,1H3,(H3,15,17,18). The van der Waals surface area contributed by atoms with Crippen LogP contribution in [0.25, 0.3) is 0 Å². The first-order valence-electron chi connectivity index (χ1n) is 5.75. The molecule has 0 heterocycles. The molecule has 0 bridgehead atoms. The Kier molecular flexibility index (Phi) is 5.72. The van der Waals surface area contributed by atoms with E-state index in [9.17, 15) is 13.6 Å². The Morgan fingerprint density at radius 3 is 2.89 bits per heavy atom. The Hall–Kier alpha value is -2.18. The molecule has 0 spiro atoms. The molecule has 0 radical (unpaired) electrons. The zero-order chi connectivity index (χ0) is 14.3. The van der Waals surface area contributed by atoms with E-state index in [0.29, 0.717) is 6.61 Å². The molecule has 0 unspecified atom stereocenters. The molecule has 1 aromatic carbocycles. The normalized spacial score (nSPS) is 10.7. The number of hydrazone groups is 1. The summed E-state index contributed by atoms with van der Waals surface area (Å²) in [5.74, 6) is -1.69. The largest absolute Gasteiger partial charge is 0.490 e. The Morgan fingerprint density at radius 1 is 1.53 bits per heavy atom. The molecule has 104 valence electrons. The molecular formula is C12H15F2N3O2. The van der Waals surface area contributed by atoms with Crippen LogP contribution < -0.4 is 15.9 Å². The van der Waals surface area contributed by atoms with Gasteiger partial charge in [0.05, 0.1) is 12.8 Å². The first kappa shape index (κ1) is 14.9. The highest BCUT2D eigenvalue weighted by atomic mass is 19.1. The molecule has 0 aromatic heterocycles. The number of benzene rings is 1. The first-order chi connectivity index (χ1) is 9.04. The maximum atomic E-state index is 13.6. The maximum absolute atomic E-state index is 13.6. The number of unbranched alkanes of at least 4 members (excludes halogenated alkanes) is 1. The summed E-state index contributed by atoms with van der Waals surface area (Å²) < 4.78 is 31.9. The van der Waals surface area contributed by atoms with E-state index < -0.39 is 17.7 Å². The highest BCUT2D eigenvalue weighted by molar-refractivity contribution is 5.84. The van der Waals surface area contributed by atoms with Crippen molar-refractivity contribution in [3.05, 3.63) is 29.3 Å². The molecule has 1 rings (SSSR count). The fourth-order valence-corrected chi connectivity index (χ4v) is 1.31. The number of carbonyl (C=O) groups excluding carboxylic acids is 1. The van der Waals surface area contributed by atoms with Crippen molar-refractivity contribution in [1.29, 1.82) is 0 Å². The SMILES string of the molecule is CCCCOc1c(F)cc(F)cc1C=NNC(N)=O. The number of primary amides is 1. The van der Waals surface area contributed by atoms with Crippen LogP contribution in [-0.4, -0.2) is 18.9 Å². The number of nitrogens with one attached hydrogen (secondary N) is 1. The lowest BCUT2D eigenvalue weighted by atomic mass is 10.2. The van der Waals surface area contributed by atoms with Crippen molar-refractivity contribution in [2.75, 3.05) is 6.61 Å². The van der Waals surface area contributed by atoms with Crippen LogP contribution in [0, 0.1) is 11.6 Å². The van der Waals surface area contributed by atoms with Crippen LogP contribution in [-0.2, 0) is 0 Å². The lowest BCUT2D eigenvalue weighted by Gasteiger charge is -2.09. The molecular weight excluding hydrogens is 256 g/mol. The summed E-state index contributed by atoms with van der Waals surface area (Å²) in [6.07, 6.45) is 2.70. The molecule has 2 amide bonds. The zero-order valence-corrected chi connectivity index (χ0v) is 10.5. The Bertz CT molecular complexity index is 478. The van der Waals surface area contributed by atoms with Crippen LogP contribution in [0.3, 0.4) is 0 Å². The number of nitrogens with two attached hydrogens (primary N) is 1. The van der Waals surface area contributed by atoms with Gasteiger partial charge in [0.25, 0.3) is 0 Å². The monoisotopic (exact) mass is 271 g/mol. The average molecular weight is 271 g/mol. The minimum absolute atomic E-state index is 0.0855.